The molecule has 0 saturated carbocycles. The van der Waals surface area contributed by atoms with E-state index in [1.807, 2.05) is 13.1 Å². The molecule has 1 aromatic heterocycles. The van der Waals surface area contributed by atoms with Crippen LogP contribution < -0.4 is 0 Å². The van der Waals surface area contributed by atoms with Crippen molar-refractivity contribution in [1.29, 1.82) is 5.26 Å². The highest BCUT2D eigenvalue weighted by atomic mass is 15.3. The third-order valence-electron chi connectivity index (χ3n) is 2.01. The molecule has 0 unspecified atom stereocenters. The lowest BCUT2D eigenvalue weighted by atomic mass is 9.92. The van der Waals surface area contributed by atoms with Gasteiger partial charge in [0.15, 0.2) is 0 Å². The number of nitriles is 1. The van der Waals surface area contributed by atoms with Gasteiger partial charge in [0.2, 0.25) is 0 Å². The molecule has 13 heavy (non-hydrogen) atoms. The Bertz CT molecular complexity index is 336. The molecule has 0 aliphatic heterocycles. The van der Waals surface area contributed by atoms with Crippen molar-refractivity contribution in [2.24, 2.45) is 7.05 Å². The van der Waals surface area contributed by atoms with E-state index < -0.39 is 0 Å². The van der Waals surface area contributed by atoms with Crippen LogP contribution in [0.25, 0.3) is 0 Å². The largest absolute Gasteiger partial charge is 0.271 e. The Morgan fingerprint density at radius 1 is 1.54 bits per heavy atom. The second kappa shape index (κ2) is 3.21. The fraction of sp³-hybridized carbons (Fsp3) is 0.600. The van der Waals surface area contributed by atoms with Gasteiger partial charge in [-0.15, -0.1) is 0 Å². The maximum Gasteiger partial charge on any atom is 0.0771 e. The van der Waals surface area contributed by atoms with E-state index in [4.69, 9.17) is 5.26 Å². The predicted molar refractivity (Wildman–Crippen MR) is 51.2 cm³/mol. The minimum Gasteiger partial charge on any atom is -0.271 e. The van der Waals surface area contributed by atoms with Crippen LogP contribution >= 0.6 is 0 Å². The Hall–Kier alpha value is -1.30. The van der Waals surface area contributed by atoms with Gasteiger partial charge in [-0.3, -0.25) is 4.68 Å². The molecule has 0 saturated heterocycles. The van der Waals surface area contributed by atoms with Crippen LogP contribution in [0.5, 0.6) is 0 Å². The molecule has 0 atom stereocenters. The first-order valence-corrected chi connectivity index (χ1v) is 4.35. The molecule has 3 nitrogen and oxygen atoms in total. The van der Waals surface area contributed by atoms with Crippen LogP contribution in [0, 0.1) is 11.3 Å². The van der Waals surface area contributed by atoms with Crippen molar-refractivity contribution in [3.05, 3.63) is 17.5 Å². The van der Waals surface area contributed by atoms with Gasteiger partial charge < -0.3 is 0 Å². The highest BCUT2D eigenvalue weighted by Crippen LogP contribution is 2.21. The van der Waals surface area contributed by atoms with Gasteiger partial charge >= 0.3 is 0 Å². The monoisotopic (exact) mass is 177 g/mol. The summed E-state index contributed by atoms with van der Waals surface area (Å²) in [6, 6.07) is 4.13. The average Bonchev–Trinajstić information content (AvgIpc) is 2.32. The molecule has 1 rings (SSSR count). The summed E-state index contributed by atoms with van der Waals surface area (Å²) in [4.78, 5) is 0. The fourth-order valence-electron chi connectivity index (χ4n) is 1.12. The van der Waals surface area contributed by atoms with E-state index in [0.29, 0.717) is 6.42 Å². The number of hydrogen-bond acceptors (Lipinski definition) is 2. The minimum atomic E-state index is 0.0610. The van der Waals surface area contributed by atoms with Crippen molar-refractivity contribution in [3.63, 3.8) is 0 Å². The topological polar surface area (TPSA) is 41.6 Å². The van der Waals surface area contributed by atoms with E-state index in [-0.39, 0.29) is 5.41 Å². The SMILES string of the molecule is Cn1nc(C(C)(C)C)cc1CC#N. The molecule has 0 bridgehead atoms. The first kappa shape index (κ1) is 9.79. The maximum atomic E-state index is 8.57. The summed E-state index contributed by atoms with van der Waals surface area (Å²) >= 11 is 0. The number of aromatic nitrogens is 2. The normalized spacial score (nSPS) is 11.3. The Morgan fingerprint density at radius 3 is 2.54 bits per heavy atom. The Balaban J connectivity index is 3.04. The second-order valence-electron chi connectivity index (χ2n) is 4.23. The number of rotatable bonds is 1. The summed E-state index contributed by atoms with van der Waals surface area (Å²) in [7, 11) is 1.88. The molecule has 0 aliphatic carbocycles. The van der Waals surface area contributed by atoms with Crippen molar-refractivity contribution in [1.82, 2.24) is 9.78 Å². The van der Waals surface area contributed by atoms with E-state index in [0.717, 1.165) is 11.4 Å². The molecule has 0 aliphatic rings. The van der Waals surface area contributed by atoms with Crippen molar-refractivity contribution in [2.75, 3.05) is 0 Å². The Labute approximate surface area is 79.0 Å². The van der Waals surface area contributed by atoms with E-state index in [1.165, 1.54) is 0 Å². The smallest absolute Gasteiger partial charge is 0.0771 e. The molecular formula is C10H15N3. The van der Waals surface area contributed by atoms with Crippen LogP contribution in [0.4, 0.5) is 0 Å². The molecule has 0 radical (unpaired) electrons. The predicted octanol–water partition coefficient (Wildman–Crippen LogP) is 1.78. The first-order chi connectivity index (χ1) is 5.95. The molecule has 3 heteroatoms. The summed E-state index contributed by atoms with van der Waals surface area (Å²) in [6.45, 7) is 6.35. The summed E-state index contributed by atoms with van der Waals surface area (Å²) in [5.74, 6) is 0. The van der Waals surface area contributed by atoms with Gasteiger partial charge in [-0.2, -0.15) is 10.4 Å². The van der Waals surface area contributed by atoms with E-state index in [9.17, 15) is 0 Å². The van der Waals surface area contributed by atoms with Crippen LogP contribution in [0.3, 0.4) is 0 Å². The van der Waals surface area contributed by atoms with Crippen molar-refractivity contribution < 1.29 is 0 Å². The third kappa shape index (κ3) is 2.09. The van der Waals surface area contributed by atoms with Crippen LogP contribution in [0.2, 0.25) is 0 Å². The summed E-state index contributed by atoms with van der Waals surface area (Å²) in [5, 5.41) is 12.9. The standard InChI is InChI=1S/C10H15N3/c1-10(2,3)9-7-8(5-6-11)13(4)12-9/h7H,5H2,1-4H3. The van der Waals surface area contributed by atoms with Gasteiger partial charge in [0.1, 0.15) is 0 Å². The maximum absolute atomic E-state index is 8.57. The van der Waals surface area contributed by atoms with Gasteiger partial charge in [0.25, 0.3) is 0 Å². The molecule has 1 aromatic rings. The van der Waals surface area contributed by atoms with Gasteiger partial charge in [0.05, 0.1) is 23.9 Å². The quantitative estimate of drug-likeness (QED) is 0.656. The Morgan fingerprint density at radius 2 is 2.15 bits per heavy atom. The van der Waals surface area contributed by atoms with Crippen LogP contribution in [-0.4, -0.2) is 9.78 Å². The van der Waals surface area contributed by atoms with Crippen molar-refractivity contribution >= 4 is 0 Å². The second-order valence-corrected chi connectivity index (χ2v) is 4.23. The highest BCUT2D eigenvalue weighted by molar-refractivity contribution is 5.19. The lowest BCUT2D eigenvalue weighted by Crippen LogP contribution is -2.12. The molecule has 0 N–H and O–H groups in total. The summed E-state index contributed by atoms with van der Waals surface area (Å²) in [5.41, 5.74) is 2.08. The molecular weight excluding hydrogens is 162 g/mol. The van der Waals surface area contributed by atoms with E-state index >= 15 is 0 Å². The number of hydrogen-bond donors (Lipinski definition) is 0. The first-order valence-electron chi connectivity index (χ1n) is 4.35. The zero-order valence-electron chi connectivity index (χ0n) is 8.63. The molecule has 0 fully saturated rings. The van der Waals surface area contributed by atoms with Crippen molar-refractivity contribution in [3.8, 4) is 6.07 Å². The molecule has 1 heterocycles. The molecule has 0 amide bonds. The van der Waals surface area contributed by atoms with Gasteiger partial charge in [0, 0.05) is 12.5 Å². The zero-order valence-corrected chi connectivity index (χ0v) is 8.63. The third-order valence-corrected chi connectivity index (χ3v) is 2.01. The van der Waals surface area contributed by atoms with E-state index in [1.54, 1.807) is 4.68 Å². The molecule has 0 spiro atoms. The molecule has 70 valence electrons. The lowest BCUT2D eigenvalue weighted by molar-refractivity contribution is 0.552. The van der Waals surface area contributed by atoms with Crippen LogP contribution in [-0.2, 0) is 18.9 Å². The molecule has 0 aromatic carbocycles. The van der Waals surface area contributed by atoms with E-state index in [2.05, 4.69) is 31.9 Å². The van der Waals surface area contributed by atoms with Crippen LogP contribution in [0.1, 0.15) is 32.2 Å². The Kier molecular flexibility index (Phi) is 2.42. The van der Waals surface area contributed by atoms with Crippen LogP contribution in [0.15, 0.2) is 6.07 Å². The van der Waals surface area contributed by atoms with Gasteiger partial charge in [-0.25, -0.2) is 0 Å². The number of nitrogens with zero attached hydrogens (tertiary/aromatic N) is 3. The fourth-order valence-corrected chi connectivity index (χ4v) is 1.12. The summed E-state index contributed by atoms with van der Waals surface area (Å²) < 4.78 is 1.78. The van der Waals surface area contributed by atoms with Gasteiger partial charge in [-0.05, 0) is 6.07 Å². The average molecular weight is 177 g/mol. The highest BCUT2D eigenvalue weighted by Gasteiger charge is 2.18. The summed E-state index contributed by atoms with van der Waals surface area (Å²) in [6.07, 6.45) is 0.430. The lowest BCUT2D eigenvalue weighted by Gasteiger charge is -2.13. The zero-order chi connectivity index (χ0) is 10.1. The van der Waals surface area contributed by atoms with Gasteiger partial charge in [-0.1, -0.05) is 20.8 Å². The van der Waals surface area contributed by atoms with Crippen molar-refractivity contribution in [2.45, 2.75) is 32.6 Å². The number of aryl methyl sites for hydroxylation is 1. The minimum absolute atomic E-state index is 0.0610.